The number of ether oxygens (including phenoxy) is 1. The van der Waals surface area contributed by atoms with Crippen LogP contribution in [0.15, 0.2) is 42.5 Å². The van der Waals surface area contributed by atoms with Crippen molar-refractivity contribution in [3.63, 3.8) is 0 Å². The normalized spacial score (nSPS) is 31.8. The van der Waals surface area contributed by atoms with Crippen LogP contribution in [-0.4, -0.2) is 24.1 Å². The maximum Gasteiger partial charge on any atom is 0.302 e. The van der Waals surface area contributed by atoms with Gasteiger partial charge in [-0.25, -0.2) is 0 Å². The number of rotatable bonds is 5. The number of carbonyl (C=O) groups is 3. The average molecular weight is 435 g/mol. The number of fused-ring (bicyclic) bond motifs is 2. The Morgan fingerprint density at radius 1 is 1.12 bits per heavy atom. The highest BCUT2D eigenvalue weighted by Crippen LogP contribution is 2.61. The summed E-state index contributed by atoms with van der Waals surface area (Å²) < 4.78 is 5.51. The van der Waals surface area contributed by atoms with Crippen molar-refractivity contribution in [3.8, 4) is 0 Å². The van der Waals surface area contributed by atoms with Crippen LogP contribution in [0.2, 0.25) is 0 Å². The van der Waals surface area contributed by atoms with Crippen LogP contribution in [0, 0.1) is 22.7 Å². The quantitative estimate of drug-likeness (QED) is 0.428. The lowest BCUT2D eigenvalue weighted by molar-refractivity contribution is -0.152. The van der Waals surface area contributed by atoms with Gasteiger partial charge in [0.05, 0.1) is 6.61 Å². The van der Waals surface area contributed by atoms with E-state index in [0.717, 1.165) is 44.1 Å². The fourth-order valence-electron chi connectivity index (χ4n) is 6.86. The van der Waals surface area contributed by atoms with Crippen LogP contribution in [0.25, 0.3) is 0 Å². The largest absolute Gasteiger partial charge is 0.465 e. The molecule has 2 saturated carbocycles. The topological polar surface area (TPSA) is 60.4 Å². The first-order valence-electron chi connectivity index (χ1n) is 11.8. The average Bonchev–Trinajstić information content (AvgIpc) is 2.74. The van der Waals surface area contributed by atoms with Crippen molar-refractivity contribution < 1.29 is 19.1 Å². The van der Waals surface area contributed by atoms with Crippen LogP contribution in [0.1, 0.15) is 85.6 Å². The van der Waals surface area contributed by atoms with Crippen LogP contribution in [-0.2, 0) is 16.0 Å². The molecular formula is C28H34O4. The summed E-state index contributed by atoms with van der Waals surface area (Å²) in [6.07, 6.45) is 10.1. The summed E-state index contributed by atoms with van der Waals surface area (Å²) in [7, 11) is 0. The van der Waals surface area contributed by atoms with Gasteiger partial charge < -0.3 is 4.74 Å². The van der Waals surface area contributed by atoms with E-state index in [1.165, 1.54) is 31.1 Å². The van der Waals surface area contributed by atoms with Gasteiger partial charge in [-0.15, -0.1) is 0 Å². The third-order valence-electron chi connectivity index (χ3n) is 8.47. The molecule has 0 radical (unpaired) electrons. The second-order valence-electron chi connectivity index (χ2n) is 10.6. The first-order valence-corrected chi connectivity index (χ1v) is 11.8. The lowest BCUT2D eigenvalue weighted by Gasteiger charge is -2.58. The highest BCUT2D eigenvalue weighted by atomic mass is 16.5. The standard InChI is InChI=1S/C28H34O4/c1-18-6-13-26-27(3,17-32-19(2)29)14-5-15-28(26,4)23(18)10-8-20-7-9-21-22(16-20)25(31)12-11-24(21)30/h7,9,11-12,16,23,26H,1,5-6,8,10,13-15,17H2,2-4H3/t23-,26-,27+,28+/m0/s1. The molecule has 0 aliphatic heterocycles. The summed E-state index contributed by atoms with van der Waals surface area (Å²) in [4.78, 5) is 35.8. The number of hydrogen-bond donors (Lipinski definition) is 0. The van der Waals surface area contributed by atoms with Gasteiger partial charge in [-0.3, -0.25) is 14.4 Å². The van der Waals surface area contributed by atoms with Gasteiger partial charge >= 0.3 is 5.97 Å². The number of allylic oxidation sites excluding steroid dienone is 3. The molecule has 0 heterocycles. The Bertz CT molecular complexity index is 1000. The second-order valence-corrected chi connectivity index (χ2v) is 10.6. The molecule has 32 heavy (non-hydrogen) atoms. The smallest absolute Gasteiger partial charge is 0.302 e. The first kappa shape index (κ1) is 22.7. The third kappa shape index (κ3) is 4.00. The Hall–Kier alpha value is -2.49. The molecule has 3 aliphatic carbocycles. The zero-order valence-corrected chi connectivity index (χ0v) is 19.5. The predicted octanol–water partition coefficient (Wildman–Crippen LogP) is 5.90. The van der Waals surface area contributed by atoms with Crippen LogP contribution in [0.4, 0.5) is 0 Å². The monoisotopic (exact) mass is 434 g/mol. The molecule has 4 heteroatoms. The van der Waals surface area contributed by atoms with Crippen LogP contribution >= 0.6 is 0 Å². The second kappa shape index (κ2) is 8.46. The van der Waals surface area contributed by atoms with Crippen molar-refractivity contribution in [2.45, 2.75) is 65.7 Å². The van der Waals surface area contributed by atoms with Crippen molar-refractivity contribution in [2.75, 3.05) is 6.61 Å². The summed E-state index contributed by atoms with van der Waals surface area (Å²) in [6, 6.07) is 5.68. The zero-order chi connectivity index (χ0) is 23.1. The van der Waals surface area contributed by atoms with Gasteiger partial charge in [0.15, 0.2) is 11.6 Å². The molecule has 3 aliphatic rings. The van der Waals surface area contributed by atoms with Crippen molar-refractivity contribution in [3.05, 3.63) is 59.2 Å². The summed E-state index contributed by atoms with van der Waals surface area (Å²) in [5.74, 6) is 0.490. The van der Waals surface area contributed by atoms with Crippen molar-refractivity contribution >= 4 is 17.5 Å². The molecule has 4 rings (SSSR count). The first-order chi connectivity index (χ1) is 15.1. The van der Waals surface area contributed by atoms with Gasteiger partial charge in [0.2, 0.25) is 0 Å². The number of carbonyl (C=O) groups excluding carboxylic acids is 3. The SMILES string of the molecule is C=C1CC[C@H]2[C@@](C)(COC(C)=O)CCC[C@]2(C)[C@H]1CCc1ccc2c(c1)C(=O)C=CC2=O. The van der Waals surface area contributed by atoms with Gasteiger partial charge in [0.25, 0.3) is 0 Å². The lowest BCUT2D eigenvalue weighted by atomic mass is 9.47. The number of hydrogen-bond acceptors (Lipinski definition) is 4. The highest BCUT2D eigenvalue weighted by molar-refractivity contribution is 6.22. The molecule has 2 fully saturated rings. The fourth-order valence-corrected chi connectivity index (χ4v) is 6.86. The molecule has 1 aromatic rings. The minimum Gasteiger partial charge on any atom is -0.465 e. The molecule has 0 bridgehead atoms. The minimum atomic E-state index is -0.203. The predicted molar refractivity (Wildman–Crippen MR) is 125 cm³/mol. The number of benzene rings is 1. The molecule has 0 unspecified atom stereocenters. The third-order valence-corrected chi connectivity index (χ3v) is 8.47. The van der Waals surface area contributed by atoms with E-state index in [0.29, 0.717) is 29.6 Å². The highest BCUT2D eigenvalue weighted by Gasteiger charge is 2.54. The molecule has 4 nitrogen and oxygen atoms in total. The van der Waals surface area contributed by atoms with Crippen molar-refractivity contribution in [2.24, 2.45) is 22.7 Å². The summed E-state index contributed by atoms with van der Waals surface area (Å²) in [5, 5.41) is 0. The summed E-state index contributed by atoms with van der Waals surface area (Å²) in [5.41, 5.74) is 3.58. The van der Waals surface area contributed by atoms with Crippen molar-refractivity contribution in [1.29, 1.82) is 0 Å². The van der Waals surface area contributed by atoms with Crippen LogP contribution in [0.3, 0.4) is 0 Å². The minimum absolute atomic E-state index is 0.00253. The molecule has 0 amide bonds. The van der Waals surface area contributed by atoms with Crippen LogP contribution in [0.5, 0.6) is 0 Å². The van der Waals surface area contributed by atoms with Crippen LogP contribution < -0.4 is 0 Å². The van der Waals surface area contributed by atoms with E-state index in [9.17, 15) is 14.4 Å². The van der Waals surface area contributed by atoms with Crippen molar-refractivity contribution in [1.82, 2.24) is 0 Å². The van der Waals surface area contributed by atoms with E-state index in [4.69, 9.17) is 4.74 Å². The maximum absolute atomic E-state index is 12.3. The van der Waals surface area contributed by atoms with E-state index in [-0.39, 0.29) is 28.4 Å². The van der Waals surface area contributed by atoms with E-state index in [1.807, 2.05) is 12.1 Å². The van der Waals surface area contributed by atoms with Gasteiger partial charge in [-0.2, -0.15) is 0 Å². The molecule has 0 N–H and O–H groups in total. The Labute approximate surface area is 191 Å². The number of esters is 1. The number of ketones is 2. The van der Waals surface area contributed by atoms with E-state index in [2.05, 4.69) is 20.4 Å². The molecule has 4 atom stereocenters. The van der Waals surface area contributed by atoms with Gasteiger partial charge in [0, 0.05) is 23.5 Å². The van der Waals surface area contributed by atoms with Gasteiger partial charge in [0.1, 0.15) is 0 Å². The zero-order valence-electron chi connectivity index (χ0n) is 19.5. The van der Waals surface area contributed by atoms with Gasteiger partial charge in [-0.1, -0.05) is 44.6 Å². The Balaban J connectivity index is 1.54. The summed E-state index contributed by atoms with van der Waals surface area (Å²) in [6.45, 7) is 11.2. The Kier molecular flexibility index (Phi) is 6.00. The van der Waals surface area contributed by atoms with E-state index >= 15 is 0 Å². The summed E-state index contributed by atoms with van der Waals surface area (Å²) >= 11 is 0. The van der Waals surface area contributed by atoms with E-state index < -0.39 is 0 Å². The molecule has 1 aromatic carbocycles. The molecule has 0 aromatic heterocycles. The maximum atomic E-state index is 12.3. The fraction of sp³-hybridized carbons (Fsp3) is 0.536. The molecule has 0 spiro atoms. The van der Waals surface area contributed by atoms with E-state index in [1.54, 1.807) is 6.07 Å². The Morgan fingerprint density at radius 2 is 1.84 bits per heavy atom. The molecule has 170 valence electrons. The Morgan fingerprint density at radius 3 is 2.56 bits per heavy atom. The lowest BCUT2D eigenvalue weighted by Crippen LogP contribution is -2.52. The molecular weight excluding hydrogens is 400 g/mol. The number of aryl methyl sites for hydroxylation is 1. The van der Waals surface area contributed by atoms with Gasteiger partial charge in [-0.05, 0) is 79.6 Å². The molecule has 0 saturated heterocycles.